The van der Waals surface area contributed by atoms with E-state index in [0.29, 0.717) is 21.5 Å². The van der Waals surface area contributed by atoms with Gasteiger partial charge in [0.15, 0.2) is 5.75 Å². The van der Waals surface area contributed by atoms with Gasteiger partial charge in [0.2, 0.25) is 5.78 Å². The fourth-order valence-corrected chi connectivity index (χ4v) is 2.16. The summed E-state index contributed by atoms with van der Waals surface area (Å²) < 4.78 is 10.4. The first kappa shape index (κ1) is 13.8. The third kappa shape index (κ3) is 2.55. The topological polar surface area (TPSA) is 51.3 Å². The van der Waals surface area contributed by atoms with Crippen LogP contribution in [0.15, 0.2) is 24.4 Å². The molecule has 0 unspecified atom stereocenters. The van der Waals surface area contributed by atoms with Crippen LogP contribution >= 0.6 is 23.2 Å². The van der Waals surface area contributed by atoms with E-state index >= 15 is 0 Å². The highest BCUT2D eigenvalue weighted by molar-refractivity contribution is 6.33. The summed E-state index contributed by atoms with van der Waals surface area (Å²) in [5.74, 6) is 0.358. The lowest BCUT2D eigenvalue weighted by atomic mass is 10.1. The van der Waals surface area contributed by atoms with Crippen LogP contribution in [0.4, 0.5) is 0 Å². The van der Waals surface area contributed by atoms with Crippen LogP contribution in [-0.2, 0) is 0 Å². The minimum absolute atomic E-state index is 0.260. The highest BCUT2D eigenvalue weighted by atomic mass is 35.5. The first-order chi connectivity index (χ1) is 9.08. The number of nitrogens with one attached hydrogen (secondary N) is 1. The zero-order valence-corrected chi connectivity index (χ0v) is 11.8. The van der Waals surface area contributed by atoms with Gasteiger partial charge in [0.05, 0.1) is 30.0 Å². The van der Waals surface area contributed by atoms with Crippen molar-refractivity contribution in [1.29, 1.82) is 0 Å². The predicted octanol–water partition coefficient (Wildman–Crippen LogP) is 3.57. The Morgan fingerprint density at radius 3 is 2.47 bits per heavy atom. The first-order valence-electron chi connectivity index (χ1n) is 5.37. The van der Waals surface area contributed by atoms with Gasteiger partial charge < -0.3 is 14.5 Å². The first-order valence-corrected chi connectivity index (χ1v) is 6.13. The molecule has 0 saturated carbocycles. The number of aromatic nitrogens is 1. The number of rotatable bonds is 4. The Bertz CT molecular complexity index is 622. The lowest BCUT2D eigenvalue weighted by Gasteiger charge is -2.12. The Hall–Kier alpha value is -1.65. The molecule has 1 aromatic heterocycles. The summed E-state index contributed by atoms with van der Waals surface area (Å²) in [6.07, 6.45) is 1.53. The molecule has 1 heterocycles. The molecule has 0 amide bonds. The van der Waals surface area contributed by atoms with E-state index in [-0.39, 0.29) is 17.1 Å². The van der Waals surface area contributed by atoms with Gasteiger partial charge in [-0.25, -0.2) is 0 Å². The molecule has 19 heavy (non-hydrogen) atoms. The molecule has 1 aromatic carbocycles. The molecule has 6 heteroatoms. The van der Waals surface area contributed by atoms with Gasteiger partial charge in [-0.2, -0.15) is 0 Å². The molecule has 4 nitrogen and oxygen atoms in total. The Balaban J connectivity index is 2.60. The van der Waals surface area contributed by atoms with Crippen molar-refractivity contribution in [2.75, 3.05) is 14.2 Å². The Morgan fingerprint density at radius 2 is 1.95 bits per heavy atom. The number of methoxy groups -OCH3 is 2. The average Bonchev–Trinajstić information content (AvgIpc) is 2.84. The maximum atomic E-state index is 12.5. The highest BCUT2D eigenvalue weighted by Gasteiger charge is 2.23. The minimum atomic E-state index is -0.303. The van der Waals surface area contributed by atoms with Gasteiger partial charge in [0.1, 0.15) is 11.3 Å². The van der Waals surface area contributed by atoms with E-state index < -0.39 is 0 Å². The molecular weight excluding hydrogens is 289 g/mol. The number of hydrogen-bond acceptors (Lipinski definition) is 3. The van der Waals surface area contributed by atoms with Crippen molar-refractivity contribution in [2.45, 2.75) is 0 Å². The summed E-state index contributed by atoms with van der Waals surface area (Å²) in [6, 6.07) is 4.75. The zero-order chi connectivity index (χ0) is 14.0. The second-order valence-corrected chi connectivity index (χ2v) is 4.56. The number of aromatic amines is 1. The molecule has 2 aromatic rings. The minimum Gasteiger partial charge on any atom is -0.496 e. The summed E-state index contributed by atoms with van der Waals surface area (Å²) in [4.78, 5) is 15.3. The Morgan fingerprint density at radius 1 is 1.21 bits per heavy atom. The van der Waals surface area contributed by atoms with Gasteiger partial charge in [-0.15, -0.1) is 0 Å². The standard InChI is InChI=1S/C13H11Cl2NO3/c1-18-10-4-3-8(15)13(19-2)11(10)12(17)9-5-7(14)6-16-9/h3-6,16H,1-2H3. The van der Waals surface area contributed by atoms with Crippen molar-refractivity contribution in [1.82, 2.24) is 4.98 Å². The van der Waals surface area contributed by atoms with Crippen LogP contribution in [0.25, 0.3) is 0 Å². The molecule has 0 fully saturated rings. The van der Waals surface area contributed by atoms with Gasteiger partial charge in [0.25, 0.3) is 0 Å². The van der Waals surface area contributed by atoms with E-state index in [9.17, 15) is 4.79 Å². The molecule has 0 aliphatic carbocycles. The quantitative estimate of drug-likeness (QED) is 0.878. The lowest BCUT2D eigenvalue weighted by molar-refractivity contribution is 0.102. The van der Waals surface area contributed by atoms with Crippen LogP contribution in [0.2, 0.25) is 10.0 Å². The Kier molecular flexibility index (Phi) is 4.02. The van der Waals surface area contributed by atoms with E-state index in [0.717, 1.165) is 0 Å². The number of hydrogen-bond donors (Lipinski definition) is 1. The second-order valence-electron chi connectivity index (χ2n) is 3.72. The number of ether oxygens (including phenoxy) is 2. The zero-order valence-electron chi connectivity index (χ0n) is 10.3. The summed E-state index contributed by atoms with van der Waals surface area (Å²) in [5, 5.41) is 0.785. The molecule has 0 aliphatic rings. The molecule has 0 spiro atoms. The monoisotopic (exact) mass is 299 g/mol. The van der Waals surface area contributed by atoms with Gasteiger partial charge in [0, 0.05) is 6.20 Å². The second kappa shape index (κ2) is 5.55. The largest absolute Gasteiger partial charge is 0.496 e. The van der Waals surface area contributed by atoms with Crippen molar-refractivity contribution < 1.29 is 14.3 Å². The number of ketones is 1. The van der Waals surface area contributed by atoms with Gasteiger partial charge in [-0.05, 0) is 18.2 Å². The fraction of sp³-hybridized carbons (Fsp3) is 0.154. The third-order valence-electron chi connectivity index (χ3n) is 2.61. The average molecular weight is 300 g/mol. The summed E-state index contributed by atoms with van der Waals surface area (Å²) in [6.45, 7) is 0. The van der Waals surface area contributed by atoms with Crippen molar-refractivity contribution >= 4 is 29.0 Å². The SMILES string of the molecule is COc1ccc(Cl)c(OC)c1C(=O)c1cc(Cl)c[nH]1. The van der Waals surface area contributed by atoms with Crippen LogP contribution in [0, 0.1) is 0 Å². The van der Waals surface area contributed by atoms with Crippen LogP contribution in [0.1, 0.15) is 16.1 Å². The molecule has 100 valence electrons. The summed E-state index contributed by atoms with van der Waals surface area (Å²) in [7, 11) is 2.92. The van der Waals surface area contributed by atoms with E-state index in [4.69, 9.17) is 32.7 Å². The predicted molar refractivity (Wildman–Crippen MR) is 73.8 cm³/mol. The molecule has 0 radical (unpaired) electrons. The van der Waals surface area contributed by atoms with E-state index in [2.05, 4.69) is 4.98 Å². The summed E-state index contributed by atoms with van der Waals surface area (Å²) >= 11 is 11.8. The maximum absolute atomic E-state index is 12.5. The van der Waals surface area contributed by atoms with Gasteiger partial charge >= 0.3 is 0 Å². The van der Waals surface area contributed by atoms with Crippen molar-refractivity contribution in [2.24, 2.45) is 0 Å². The number of carbonyl (C=O) groups excluding carboxylic acids is 1. The van der Waals surface area contributed by atoms with E-state index in [1.54, 1.807) is 12.1 Å². The molecule has 2 rings (SSSR count). The molecule has 0 atom stereocenters. The molecular formula is C13H11Cl2NO3. The number of benzene rings is 1. The smallest absolute Gasteiger partial charge is 0.216 e. The maximum Gasteiger partial charge on any atom is 0.216 e. The third-order valence-corrected chi connectivity index (χ3v) is 3.13. The molecule has 0 aliphatic heterocycles. The number of carbonyl (C=O) groups is 1. The van der Waals surface area contributed by atoms with Gasteiger partial charge in [-0.1, -0.05) is 23.2 Å². The van der Waals surface area contributed by atoms with Crippen LogP contribution < -0.4 is 9.47 Å². The fourth-order valence-electron chi connectivity index (χ4n) is 1.76. The molecule has 0 saturated heterocycles. The molecule has 0 bridgehead atoms. The van der Waals surface area contributed by atoms with Crippen LogP contribution in [0.5, 0.6) is 11.5 Å². The lowest BCUT2D eigenvalue weighted by Crippen LogP contribution is -2.07. The summed E-state index contributed by atoms with van der Waals surface area (Å²) in [5.41, 5.74) is 0.597. The number of H-pyrrole nitrogens is 1. The molecule has 1 N–H and O–H groups in total. The van der Waals surface area contributed by atoms with Crippen molar-refractivity contribution in [3.8, 4) is 11.5 Å². The van der Waals surface area contributed by atoms with E-state index in [1.807, 2.05) is 0 Å². The van der Waals surface area contributed by atoms with E-state index in [1.165, 1.54) is 26.5 Å². The van der Waals surface area contributed by atoms with Crippen molar-refractivity contribution in [3.63, 3.8) is 0 Å². The van der Waals surface area contributed by atoms with Crippen molar-refractivity contribution in [3.05, 3.63) is 45.7 Å². The normalized spacial score (nSPS) is 10.3. The highest BCUT2D eigenvalue weighted by Crippen LogP contribution is 2.36. The van der Waals surface area contributed by atoms with Crippen LogP contribution in [-0.4, -0.2) is 25.0 Å². The Labute approximate surface area is 120 Å². The van der Waals surface area contributed by atoms with Gasteiger partial charge in [-0.3, -0.25) is 4.79 Å². The number of halogens is 2. The van der Waals surface area contributed by atoms with Crippen LogP contribution in [0.3, 0.4) is 0 Å².